The van der Waals surface area contributed by atoms with Crippen LogP contribution in [-0.4, -0.2) is 12.1 Å². The highest BCUT2D eigenvalue weighted by molar-refractivity contribution is 7.97. The van der Waals surface area contributed by atoms with Gasteiger partial charge in [-0.15, -0.1) is 0 Å². The van der Waals surface area contributed by atoms with Crippen LogP contribution in [0.5, 0.6) is 0 Å². The summed E-state index contributed by atoms with van der Waals surface area (Å²) in [7, 11) is 0. The van der Waals surface area contributed by atoms with Gasteiger partial charge in [0.05, 0.1) is 0 Å². The molecule has 0 fully saturated rings. The lowest BCUT2D eigenvalue weighted by atomic mass is 10.1. The van der Waals surface area contributed by atoms with E-state index in [1.165, 1.54) is 17.5 Å². The van der Waals surface area contributed by atoms with Crippen LogP contribution in [0.15, 0.2) is 29.4 Å². The highest BCUT2D eigenvalue weighted by Crippen LogP contribution is 2.06. The van der Waals surface area contributed by atoms with Crippen LogP contribution in [-0.2, 0) is 6.42 Å². The third-order valence-electron chi connectivity index (χ3n) is 1.96. The van der Waals surface area contributed by atoms with Gasteiger partial charge in [0.15, 0.2) is 5.84 Å². The molecule has 1 aromatic rings. The van der Waals surface area contributed by atoms with Gasteiger partial charge >= 0.3 is 0 Å². The third-order valence-corrected chi connectivity index (χ3v) is 2.36. The predicted octanol–water partition coefficient (Wildman–Crippen LogP) is 1.74. The van der Waals surface area contributed by atoms with E-state index < -0.39 is 0 Å². The molecule has 3 N–H and O–H groups in total. The largest absolute Gasteiger partial charge is 0.321 e. The molecule has 0 unspecified atom stereocenters. The minimum absolute atomic E-state index is 0.708. The van der Waals surface area contributed by atoms with Gasteiger partial charge in [-0.25, -0.2) is 0 Å². The molecule has 0 radical (unpaired) electrons. The van der Waals surface area contributed by atoms with Crippen LogP contribution < -0.4 is 10.6 Å². The Balaban J connectivity index is 2.84. The molecular formula is C10H15N3S. The quantitative estimate of drug-likeness (QED) is 0.262. The number of hydrogen-bond donors (Lipinski definition) is 2. The molecule has 76 valence electrons. The van der Waals surface area contributed by atoms with Gasteiger partial charge in [-0.1, -0.05) is 43.1 Å². The predicted molar refractivity (Wildman–Crippen MR) is 63.2 cm³/mol. The van der Waals surface area contributed by atoms with E-state index in [2.05, 4.69) is 28.9 Å². The second-order valence-corrected chi connectivity index (χ2v) is 3.45. The molecule has 0 atom stereocenters. The summed E-state index contributed by atoms with van der Waals surface area (Å²) >= 11 is 1.48. The number of rotatable bonds is 3. The minimum Gasteiger partial charge on any atom is -0.321 e. The van der Waals surface area contributed by atoms with Crippen LogP contribution in [0.2, 0.25) is 0 Å². The number of nitrogens with one attached hydrogen (secondary N) is 1. The summed E-state index contributed by atoms with van der Waals surface area (Å²) in [6, 6.07) is 8.21. The fraction of sp³-hybridized carbons (Fsp3) is 0.300. The monoisotopic (exact) mass is 209 g/mol. The lowest BCUT2D eigenvalue weighted by Crippen LogP contribution is -2.18. The molecule has 0 spiro atoms. The molecule has 0 aliphatic heterocycles. The van der Waals surface area contributed by atoms with Gasteiger partial charge in [0.25, 0.3) is 0 Å². The van der Waals surface area contributed by atoms with Crippen molar-refractivity contribution in [2.75, 3.05) is 6.26 Å². The van der Waals surface area contributed by atoms with Crippen LogP contribution in [0, 0.1) is 0 Å². The molecule has 0 aliphatic rings. The van der Waals surface area contributed by atoms with E-state index >= 15 is 0 Å². The van der Waals surface area contributed by atoms with E-state index in [1.807, 2.05) is 18.4 Å². The first-order valence-electron chi connectivity index (χ1n) is 4.48. The van der Waals surface area contributed by atoms with Gasteiger partial charge in [0.1, 0.15) is 0 Å². The SMILES string of the molecule is CCc1ccc(C(=NN)NSC)cc1. The fourth-order valence-electron chi connectivity index (χ4n) is 1.15. The number of amidine groups is 1. The molecule has 0 aliphatic carbocycles. The normalized spacial score (nSPS) is 11.4. The summed E-state index contributed by atoms with van der Waals surface area (Å²) in [6.07, 6.45) is 2.98. The number of hydrazone groups is 1. The van der Waals surface area contributed by atoms with Gasteiger partial charge in [-0.3, -0.25) is 0 Å². The van der Waals surface area contributed by atoms with Gasteiger partial charge in [0, 0.05) is 11.8 Å². The van der Waals surface area contributed by atoms with Crippen molar-refractivity contribution in [2.24, 2.45) is 10.9 Å². The number of nitrogens with zero attached hydrogens (tertiary/aromatic N) is 1. The highest BCUT2D eigenvalue weighted by atomic mass is 32.2. The smallest absolute Gasteiger partial charge is 0.162 e. The average Bonchev–Trinajstić information content (AvgIpc) is 2.26. The lowest BCUT2D eigenvalue weighted by Gasteiger charge is -2.06. The number of aryl methyl sites for hydroxylation is 1. The van der Waals surface area contributed by atoms with Crippen LogP contribution in [0.25, 0.3) is 0 Å². The molecular weight excluding hydrogens is 194 g/mol. The van der Waals surface area contributed by atoms with Crippen LogP contribution in [0.4, 0.5) is 0 Å². The molecule has 0 heterocycles. The third kappa shape index (κ3) is 2.67. The van der Waals surface area contributed by atoms with Crippen LogP contribution in [0.1, 0.15) is 18.1 Å². The molecule has 0 aromatic heterocycles. The van der Waals surface area contributed by atoms with E-state index in [0.29, 0.717) is 5.84 Å². The Labute approximate surface area is 88.9 Å². The summed E-state index contributed by atoms with van der Waals surface area (Å²) in [5, 5.41) is 3.69. The first-order valence-corrected chi connectivity index (χ1v) is 5.70. The molecule has 14 heavy (non-hydrogen) atoms. The minimum atomic E-state index is 0.708. The van der Waals surface area contributed by atoms with Crippen molar-refractivity contribution in [1.29, 1.82) is 0 Å². The molecule has 0 amide bonds. The maximum atomic E-state index is 5.27. The highest BCUT2D eigenvalue weighted by Gasteiger charge is 2.01. The van der Waals surface area contributed by atoms with Crippen LogP contribution >= 0.6 is 11.9 Å². The summed E-state index contributed by atoms with van der Waals surface area (Å²) < 4.78 is 3.03. The summed E-state index contributed by atoms with van der Waals surface area (Å²) in [5.74, 6) is 5.98. The first-order chi connectivity index (χ1) is 6.81. The Kier molecular flexibility index (Phi) is 4.32. The molecule has 1 rings (SSSR count). The van der Waals surface area contributed by atoms with Crippen LogP contribution in [0.3, 0.4) is 0 Å². The Morgan fingerprint density at radius 1 is 1.43 bits per heavy atom. The second-order valence-electron chi connectivity index (χ2n) is 2.83. The van der Waals surface area contributed by atoms with Gasteiger partial charge in [-0.2, -0.15) is 5.10 Å². The molecule has 0 saturated heterocycles. The van der Waals surface area contributed by atoms with E-state index in [1.54, 1.807) is 0 Å². The molecule has 0 bridgehead atoms. The lowest BCUT2D eigenvalue weighted by molar-refractivity contribution is 1.14. The molecule has 4 heteroatoms. The topological polar surface area (TPSA) is 50.4 Å². The Morgan fingerprint density at radius 2 is 2.07 bits per heavy atom. The number of benzene rings is 1. The zero-order valence-corrected chi connectivity index (χ0v) is 9.27. The standard InChI is InChI=1S/C10H15N3S/c1-3-8-4-6-9(7-5-8)10(12-11)13-14-2/h4-7H,3,11H2,1-2H3,(H,12,13). The van der Waals surface area contributed by atoms with Crippen molar-refractivity contribution >= 4 is 17.8 Å². The van der Waals surface area contributed by atoms with Crippen molar-refractivity contribution in [3.05, 3.63) is 35.4 Å². The summed E-state index contributed by atoms with van der Waals surface area (Å²) in [4.78, 5) is 0. The number of hydrogen-bond acceptors (Lipinski definition) is 3. The Morgan fingerprint density at radius 3 is 2.50 bits per heavy atom. The van der Waals surface area contributed by atoms with Gasteiger partial charge < -0.3 is 10.6 Å². The maximum absolute atomic E-state index is 5.27. The summed E-state index contributed by atoms with van der Waals surface area (Å²) in [6.45, 7) is 2.13. The zero-order chi connectivity index (χ0) is 10.4. The van der Waals surface area contributed by atoms with Crippen molar-refractivity contribution < 1.29 is 0 Å². The van der Waals surface area contributed by atoms with E-state index in [0.717, 1.165) is 12.0 Å². The molecule has 0 saturated carbocycles. The molecule has 3 nitrogen and oxygen atoms in total. The Hall–Kier alpha value is -1.16. The molecule has 1 aromatic carbocycles. The van der Waals surface area contributed by atoms with E-state index in [-0.39, 0.29) is 0 Å². The van der Waals surface area contributed by atoms with E-state index in [4.69, 9.17) is 5.84 Å². The van der Waals surface area contributed by atoms with E-state index in [9.17, 15) is 0 Å². The van der Waals surface area contributed by atoms with Gasteiger partial charge in [0.2, 0.25) is 0 Å². The second kappa shape index (κ2) is 5.54. The maximum Gasteiger partial charge on any atom is 0.162 e. The van der Waals surface area contributed by atoms with Crippen molar-refractivity contribution in [3.8, 4) is 0 Å². The van der Waals surface area contributed by atoms with Crippen molar-refractivity contribution in [1.82, 2.24) is 4.72 Å². The average molecular weight is 209 g/mol. The van der Waals surface area contributed by atoms with Crippen molar-refractivity contribution in [3.63, 3.8) is 0 Å². The number of nitrogens with two attached hydrogens (primary N) is 1. The van der Waals surface area contributed by atoms with Gasteiger partial charge in [-0.05, 0) is 12.0 Å². The van der Waals surface area contributed by atoms with Crippen molar-refractivity contribution in [2.45, 2.75) is 13.3 Å². The Bertz CT molecular complexity index is 306. The first kappa shape index (κ1) is 10.9. The fourth-order valence-corrected chi connectivity index (χ4v) is 1.52. The zero-order valence-electron chi connectivity index (χ0n) is 8.45. The summed E-state index contributed by atoms with van der Waals surface area (Å²) in [5.41, 5.74) is 2.33.